The minimum absolute atomic E-state index is 0.0563. The summed E-state index contributed by atoms with van der Waals surface area (Å²) in [7, 11) is 1.22. The zero-order valence-corrected chi connectivity index (χ0v) is 15.8. The molecule has 2 aromatic carbocycles. The Hall–Kier alpha value is -3.26. The number of hydrogen-bond donors (Lipinski definition) is 2. The average Bonchev–Trinajstić information content (AvgIpc) is 3.17. The lowest BCUT2D eigenvalue weighted by molar-refractivity contribution is -0.151. The predicted octanol–water partition coefficient (Wildman–Crippen LogP) is 1.91. The molecular weight excluding hydrogens is 379 g/mol. The molecule has 2 aliphatic heterocycles. The predicted molar refractivity (Wildman–Crippen MR) is 100 cm³/mol. The first-order chi connectivity index (χ1) is 13.8. The van der Waals surface area contributed by atoms with Crippen molar-refractivity contribution in [3.63, 3.8) is 0 Å². The number of carbonyl (C=O) groups is 3. The number of amides is 2. The van der Waals surface area contributed by atoms with Gasteiger partial charge in [0.15, 0.2) is 0 Å². The maximum Gasteiger partial charge on any atom is 0.326 e. The molecule has 2 heterocycles. The fraction of sp³-hybridized carbons (Fsp3) is 0.286. The molecule has 2 amide bonds. The highest BCUT2D eigenvalue weighted by atomic mass is 19.1. The summed E-state index contributed by atoms with van der Waals surface area (Å²) in [5.74, 6) is -3.97. The zero-order valence-electron chi connectivity index (χ0n) is 15.8. The maximum absolute atomic E-state index is 13.3. The number of halogens is 1. The lowest BCUT2D eigenvalue weighted by atomic mass is 9.80. The lowest BCUT2D eigenvalue weighted by Crippen LogP contribution is -2.54. The van der Waals surface area contributed by atoms with Crippen LogP contribution >= 0.6 is 0 Å². The zero-order chi connectivity index (χ0) is 20.9. The number of methoxy groups -OCH3 is 1. The van der Waals surface area contributed by atoms with Crippen molar-refractivity contribution in [3.05, 3.63) is 59.9 Å². The van der Waals surface area contributed by atoms with Crippen LogP contribution in [0.25, 0.3) is 0 Å². The third kappa shape index (κ3) is 2.79. The molecule has 4 rings (SSSR count). The van der Waals surface area contributed by atoms with Crippen LogP contribution < -0.4 is 10.2 Å². The number of anilines is 1. The van der Waals surface area contributed by atoms with Gasteiger partial charge in [0.1, 0.15) is 17.1 Å². The number of carbonyl (C=O) groups excluding carboxylic acids is 3. The number of hydrogen-bond acceptors (Lipinski definition) is 6. The molecule has 0 saturated carbocycles. The van der Waals surface area contributed by atoms with Gasteiger partial charge < -0.3 is 9.84 Å². The monoisotopic (exact) mass is 398 g/mol. The van der Waals surface area contributed by atoms with E-state index in [1.165, 1.54) is 50.4 Å². The average molecular weight is 398 g/mol. The van der Waals surface area contributed by atoms with Gasteiger partial charge in [0.25, 0.3) is 0 Å². The molecule has 29 heavy (non-hydrogen) atoms. The molecule has 0 aromatic heterocycles. The Bertz CT molecular complexity index is 991. The van der Waals surface area contributed by atoms with Gasteiger partial charge >= 0.3 is 5.97 Å². The molecule has 7 nitrogen and oxygen atoms in total. The first-order valence-corrected chi connectivity index (χ1v) is 9.06. The van der Waals surface area contributed by atoms with Crippen LogP contribution in [0.3, 0.4) is 0 Å². The van der Waals surface area contributed by atoms with Crippen molar-refractivity contribution >= 4 is 23.5 Å². The van der Waals surface area contributed by atoms with E-state index in [4.69, 9.17) is 4.74 Å². The second-order valence-corrected chi connectivity index (χ2v) is 7.40. The molecule has 2 aromatic rings. The molecule has 0 spiro atoms. The van der Waals surface area contributed by atoms with E-state index in [1.54, 1.807) is 12.1 Å². The van der Waals surface area contributed by atoms with Crippen LogP contribution in [0.5, 0.6) is 5.75 Å². The first-order valence-electron chi connectivity index (χ1n) is 9.06. The summed E-state index contributed by atoms with van der Waals surface area (Å²) in [5.41, 5.74) is -0.538. The van der Waals surface area contributed by atoms with Gasteiger partial charge in [0.05, 0.1) is 24.6 Å². The maximum atomic E-state index is 13.3. The number of benzene rings is 2. The van der Waals surface area contributed by atoms with E-state index in [2.05, 4.69) is 5.32 Å². The van der Waals surface area contributed by atoms with Gasteiger partial charge in [-0.05, 0) is 48.9 Å². The van der Waals surface area contributed by atoms with E-state index in [-0.39, 0.29) is 11.4 Å². The Kier molecular flexibility index (Phi) is 4.38. The van der Waals surface area contributed by atoms with E-state index < -0.39 is 47.0 Å². The summed E-state index contributed by atoms with van der Waals surface area (Å²) in [6, 6.07) is 10.6. The summed E-state index contributed by atoms with van der Waals surface area (Å²) < 4.78 is 18.2. The normalized spacial score (nSPS) is 28.5. The van der Waals surface area contributed by atoms with Crippen LogP contribution in [0.1, 0.15) is 18.5 Å². The highest BCUT2D eigenvalue weighted by molar-refractivity contribution is 6.24. The van der Waals surface area contributed by atoms with Crippen molar-refractivity contribution in [3.8, 4) is 5.75 Å². The summed E-state index contributed by atoms with van der Waals surface area (Å²) in [5, 5.41) is 12.7. The number of nitrogens with one attached hydrogen (secondary N) is 1. The van der Waals surface area contributed by atoms with Crippen molar-refractivity contribution in [2.75, 3.05) is 12.0 Å². The summed E-state index contributed by atoms with van der Waals surface area (Å²) in [4.78, 5) is 40.2. The van der Waals surface area contributed by atoms with E-state index in [1.807, 2.05) is 0 Å². The van der Waals surface area contributed by atoms with Crippen molar-refractivity contribution in [2.24, 2.45) is 11.8 Å². The van der Waals surface area contributed by atoms with Crippen molar-refractivity contribution < 1.29 is 28.6 Å². The third-order valence-corrected chi connectivity index (χ3v) is 5.73. The van der Waals surface area contributed by atoms with Crippen LogP contribution in [0, 0.1) is 17.7 Å². The highest BCUT2D eigenvalue weighted by Gasteiger charge is 2.67. The Morgan fingerprint density at radius 3 is 2.31 bits per heavy atom. The number of ether oxygens (including phenoxy) is 1. The highest BCUT2D eigenvalue weighted by Crippen LogP contribution is 2.50. The number of nitrogens with zero attached hydrogens (tertiary/aromatic N) is 1. The number of esters is 1. The molecule has 0 radical (unpaired) electrons. The summed E-state index contributed by atoms with van der Waals surface area (Å²) >= 11 is 0. The van der Waals surface area contributed by atoms with Gasteiger partial charge in [-0.2, -0.15) is 0 Å². The van der Waals surface area contributed by atoms with E-state index in [0.717, 1.165) is 4.90 Å². The second-order valence-electron chi connectivity index (χ2n) is 7.40. The number of aromatic hydroxyl groups is 1. The van der Waals surface area contributed by atoms with Gasteiger partial charge in [-0.3, -0.25) is 19.7 Å². The third-order valence-electron chi connectivity index (χ3n) is 5.73. The van der Waals surface area contributed by atoms with Gasteiger partial charge in [-0.1, -0.05) is 12.1 Å². The van der Waals surface area contributed by atoms with Gasteiger partial charge in [-0.15, -0.1) is 0 Å². The smallest absolute Gasteiger partial charge is 0.326 e. The number of imide groups is 1. The molecule has 2 N–H and O–H groups in total. The summed E-state index contributed by atoms with van der Waals surface area (Å²) in [6.45, 7) is 1.54. The Morgan fingerprint density at radius 2 is 1.72 bits per heavy atom. The molecule has 2 aliphatic rings. The minimum Gasteiger partial charge on any atom is -0.508 e. The number of phenols is 1. The fourth-order valence-corrected chi connectivity index (χ4v) is 4.35. The molecule has 2 fully saturated rings. The molecule has 150 valence electrons. The Balaban J connectivity index is 1.81. The lowest BCUT2D eigenvalue weighted by Gasteiger charge is -2.28. The molecule has 4 atom stereocenters. The second kappa shape index (κ2) is 6.66. The number of fused-ring (bicyclic) bond motifs is 1. The number of rotatable bonds is 3. The van der Waals surface area contributed by atoms with Crippen LogP contribution in [0.4, 0.5) is 10.1 Å². The molecular formula is C21H19FN2O5. The van der Waals surface area contributed by atoms with Gasteiger partial charge in [-0.25, -0.2) is 9.29 Å². The summed E-state index contributed by atoms with van der Waals surface area (Å²) in [6.07, 6.45) is 0. The van der Waals surface area contributed by atoms with Crippen molar-refractivity contribution in [1.29, 1.82) is 0 Å². The van der Waals surface area contributed by atoms with Crippen LogP contribution in [-0.4, -0.2) is 35.5 Å². The van der Waals surface area contributed by atoms with Crippen molar-refractivity contribution in [1.82, 2.24) is 5.32 Å². The molecule has 8 heteroatoms. The Morgan fingerprint density at radius 1 is 1.10 bits per heavy atom. The quantitative estimate of drug-likeness (QED) is 0.606. The van der Waals surface area contributed by atoms with Gasteiger partial charge in [0.2, 0.25) is 11.8 Å². The molecule has 2 saturated heterocycles. The topological polar surface area (TPSA) is 95.9 Å². The van der Waals surface area contributed by atoms with Crippen LogP contribution in [-0.2, 0) is 19.1 Å². The van der Waals surface area contributed by atoms with E-state index >= 15 is 0 Å². The van der Waals surface area contributed by atoms with E-state index in [9.17, 15) is 23.9 Å². The number of phenolic OH excluding ortho intramolecular Hbond substituents is 1. The molecule has 0 unspecified atom stereocenters. The van der Waals surface area contributed by atoms with Crippen LogP contribution in [0.2, 0.25) is 0 Å². The standard InChI is InChI=1S/C21H19FN2O5/c1-21(20(28)29-2)16-15(17(23-21)11-3-9-14(25)10-4-11)18(26)24(19(16)27)13-7-5-12(22)6-8-13/h3-10,15-17,23,25H,1-2H3/t15-,16-,17-,21+/m0/s1. The Labute approximate surface area is 166 Å². The SMILES string of the molecule is COC(=O)[C@]1(C)N[C@@H](c2ccc(O)cc2)[C@H]2C(=O)N(c3ccc(F)cc3)C(=O)[C@H]21. The molecule has 0 bridgehead atoms. The minimum atomic E-state index is -1.43. The van der Waals surface area contributed by atoms with Crippen LogP contribution in [0.15, 0.2) is 48.5 Å². The van der Waals surface area contributed by atoms with Crippen molar-refractivity contribution in [2.45, 2.75) is 18.5 Å². The first kappa shape index (κ1) is 19.1. The molecule has 0 aliphatic carbocycles. The largest absolute Gasteiger partial charge is 0.508 e. The van der Waals surface area contributed by atoms with Gasteiger partial charge in [0, 0.05) is 6.04 Å². The van der Waals surface area contributed by atoms with E-state index in [0.29, 0.717) is 5.56 Å². The fourth-order valence-electron chi connectivity index (χ4n) is 4.35.